The van der Waals surface area contributed by atoms with Gasteiger partial charge in [-0.2, -0.15) is 0 Å². The van der Waals surface area contributed by atoms with Gasteiger partial charge in [0.05, 0.1) is 6.61 Å². The predicted molar refractivity (Wildman–Crippen MR) is 66.9 cm³/mol. The number of hydrogen-bond donors (Lipinski definition) is 2. The first-order chi connectivity index (χ1) is 7.85. The molecule has 0 fully saturated rings. The fourth-order valence-corrected chi connectivity index (χ4v) is 2.34. The lowest BCUT2D eigenvalue weighted by atomic mass is 10.2. The van der Waals surface area contributed by atoms with E-state index in [1.807, 2.05) is 0 Å². The molecular formula is C13H20N2O. The Kier molecular flexibility index (Phi) is 3.80. The van der Waals surface area contributed by atoms with E-state index in [1.54, 1.807) is 0 Å². The van der Waals surface area contributed by atoms with Crippen LogP contribution in [-0.4, -0.2) is 37.4 Å². The zero-order chi connectivity index (χ0) is 11.4. The first-order valence-corrected chi connectivity index (χ1v) is 6.02. The van der Waals surface area contributed by atoms with Crippen LogP contribution < -0.4 is 10.2 Å². The van der Waals surface area contributed by atoms with Crippen molar-refractivity contribution in [3.05, 3.63) is 29.8 Å². The third-order valence-corrected chi connectivity index (χ3v) is 3.14. The minimum absolute atomic E-state index is 0.177. The van der Waals surface area contributed by atoms with Crippen LogP contribution in [-0.2, 0) is 6.42 Å². The molecule has 1 aliphatic rings. The Morgan fingerprint density at radius 3 is 3.00 bits per heavy atom. The molecule has 1 aliphatic heterocycles. The molecular weight excluding hydrogens is 200 g/mol. The van der Waals surface area contributed by atoms with Gasteiger partial charge in [-0.05, 0) is 24.6 Å². The van der Waals surface area contributed by atoms with Crippen molar-refractivity contribution in [3.8, 4) is 0 Å². The van der Waals surface area contributed by atoms with Crippen molar-refractivity contribution in [1.29, 1.82) is 0 Å². The fraction of sp³-hybridized carbons (Fsp3) is 0.538. The summed E-state index contributed by atoms with van der Waals surface area (Å²) in [5.41, 5.74) is 2.76. The first kappa shape index (κ1) is 11.4. The topological polar surface area (TPSA) is 35.5 Å². The van der Waals surface area contributed by atoms with Crippen LogP contribution in [0.4, 0.5) is 5.69 Å². The van der Waals surface area contributed by atoms with Gasteiger partial charge in [0.2, 0.25) is 0 Å². The van der Waals surface area contributed by atoms with Crippen molar-refractivity contribution in [3.63, 3.8) is 0 Å². The number of fused-ring (bicyclic) bond motifs is 1. The van der Waals surface area contributed by atoms with E-state index in [0.29, 0.717) is 0 Å². The number of rotatable bonds is 5. The van der Waals surface area contributed by atoms with Crippen LogP contribution in [0.1, 0.15) is 12.5 Å². The maximum atomic E-state index is 9.28. The van der Waals surface area contributed by atoms with E-state index in [1.165, 1.54) is 11.3 Å². The quantitative estimate of drug-likeness (QED) is 0.777. The molecule has 0 radical (unpaired) electrons. The van der Waals surface area contributed by atoms with Gasteiger partial charge < -0.3 is 15.3 Å². The molecule has 88 valence electrons. The average Bonchev–Trinajstić information content (AvgIpc) is 2.72. The summed E-state index contributed by atoms with van der Waals surface area (Å²) in [7, 11) is 0. The second-order valence-electron chi connectivity index (χ2n) is 4.26. The van der Waals surface area contributed by atoms with Gasteiger partial charge in [0, 0.05) is 24.8 Å². The van der Waals surface area contributed by atoms with Crippen LogP contribution in [0.3, 0.4) is 0 Å². The van der Waals surface area contributed by atoms with Crippen LogP contribution in [0.5, 0.6) is 0 Å². The molecule has 1 aromatic rings. The molecule has 1 unspecified atom stereocenters. The van der Waals surface area contributed by atoms with E-state index in [0.717, 1.165) is 26.1 Å². The average molecular weight is 220 g/mol. The Balaban J connectivity index is 2.02. The zero-order valence-corrected chi connectivity index (χ0v) is 9.82. The molecule has 2 rings (SSSR count). The molecule has 1 aromatic carbocycles. The molecule has 0 aliphatic carbocycles. The highest BCUT2D eigenvalue weighted by Gasteiger charge is 2.20. The number of nitrogens with zero attached hydrogens (tertiary/aromatic N) is 1. The number of benzene rings is 1. The zero-order valence-electron chi connectivity index (χ0n) is 9.82. The van der Waals surface area contributed by atoms with Gasteiger partial charge in [0.1, 0.15) is 0 Å². The SMILES string of the molecule is CCNC(CO)CN1CCc2ccccc21. The number of likely N-dealkylation sites (N-methyl/N-ethyl adjacent to an activating group) is 1. The normalized spacial score (nSPS) is 16.2. The van der Waals surface area contributed by atoms with Gasteiger partial charge in [0.25, 0.3) is 0 Å². The van der Waals surface area contributed by atoms with Crippen molar-refractivity contribution in [2.24, 2.45) is 0 Å². The van der Waals surface area contributed by atoms with Crippen molar-refractivity contribution in [1.82, 2.24) is 5.32 Å². The lowest BCUT2D eigenvalue weighted by Gasteiger charge is -2.25. The molecule has 0 amide bonds. The summed E-state index contributed by atoms with van der Waals surface area (Å²) in [4.78, 5) is 2.36. The number of hydrogen-bond acceptors (Lipinski definition) is 3. The van der Waals surface area contributed by atoms with Crippen LogP contribution >= 0.6 is 0 Å². The lowest BCUT2D eigenvalue weighted by Crippen LogP contribution is -2.42. The number of para-hydroxylation sites is 1. The van der Waals surface area contributed by atoms with Gasteiger partial charge in [-0.1, -0.05) is 25.1 Å². The Labute approximate surface area is 97.1 Å². The maximum absolute atomic E-state index is 9.28. The van der Waals surface area contributed by atoms with Crippen LogP contribution in [0.15, 0.2) is 24.3 Å². The van der Waals surface area contributed by atoms with Gasteiger partial charge in [-0.25, -0.2) is 0 Å². The minimum Gasteiger partial charge on any atom is -0.395 e. The molecule has 0 bridgehead atoms. The smallest absolute Gasteiger partial charge is 0.0601 e. The van der Waals surface area contributed by atoms with Crippen LogP contribution in [0.25, 0.3) is 0 Å². The molecule has 3 nitrogen and oxygen atoms in total. The number of nitrogens with one attached hydrogen (secondary N) is 1. The highest BCUT2D eigenvalue weighted by molar-refractivity contribution is 5.57. The number of aliphatic hydroxyl groups excluding tert-OH is 1. The summed E-state index contributed by atoms with van der Waals surface area (Å²) in [5.74, 6) is 0. The Bertz CT molecular complexity index is 340. The summed E-state index contributed by atoms with van der Waals surface area (Å²) in [5, 5.41) is 12.6. The van der Waals surface area contributed by atoms with E-state index in [2.05, 4.69) is 41.4 Å². The van der Waals surface area contributed by atoms with Crippen molar-refractivity contribution >= 4 is 5.69 Å². The van der Waals surface area contributed by atoms with E-state index in [4.69, 9.17) is 0 Å². The van der Waals surface area contributed by atoms with Gasteiger partial charge in [-0.3, -0.25) is 0 Å². The minimum atomic E-state index is 0.177. The molecule has 1 heterocycles. The Morgan fingerprint density at radius 2 is 2.25 bits per heavy atom. The molecule has 16 heavy (non-hydrogen) atoms. The van der Waals surface area contributed by atoms with E-state index >= 15 is 0 Å². The lowest BCUT2D eigenvalue weighted by molar-refractivity contribution is 0.246. The Morgan fingerprint density at radius 1 is 1.44 bits per heavy atom. The number of aliphatic hydroxyl groups is 1. The van der Waals surface area contributed by atoms with Gasteiger partial charge >= 0.3 is 0 Å². The van der Waals surface area contributed by atoms with Crippen LogP contribution in [0, 0.1) is 0 Å². The number of anilines is 1. The standard InChI is InChI=1S/C13H20N2O/c1-2-14-12(10-16)9-15-8-7-11-5-3-4-6-13(11)15/h3-6,12,14,16H,2,7-10H2,1H3. The summed E-state index contributed by atoms with van der Waals surface area (Å²) in [6.07, 6.45) is 1.13. The van der Waals surface area contributed by atoms with E-state index in [9.17, 15) is 5.11 Å². The molecule has 0 saturated carbocycles. The summed E-state index contributed by atoms with van der Waals surface area (Å²) in [6, 6.07) is 8.71. The molecule has 0 aromatic heterocycles. The molecule has 2 N–H and O–H groups in total. The van der Waals surface area contributed by atoms with Crippen LogP contribution in [0.2, 0.25) is 0 Å². The Hall–Kier alpha value is -1.06. The fourth-order valence-electron chi connectivity index (χ4n) is 2.34. The third kappa shape index (κ3) is 2.36. The molecule has 3 heteroatoms. The third-order valence-electron chi connectivity index (χ3n) is 3.14. The largest absolute Gasteiger partial charge is 0.395 e. The highest BCUT2D eigenvalue weighted by Crippen LogP contribution is 2.27. The van der Waals surface area contributed by atoms with E-state index < -0.39 is 0 Å². The predicted octanol–water partition coefficient (Wildman–Crippen LogP) is 1.02. The molecule has 1 atom stereocenters. The second-order valence-corrected chi connectivity index (χ2v) is 4.26. The van der Waals surface area contributed by atoms with Gasteiger partial charge in [0.15, 0.2) is 0 Å². The van der Waals surface area contributed by atoms with E-state index in [-0.39, 0.29) is 12.6 Å². The summed E-state index contributed by atoms with van der Waals surface area (Å²) in [6.45, 7) is 5.14. The maximum Gasteiger partial charge on any atom is 0.0601 e. The summed E-state index contributed by atoms with van der Waals surface area (Å²) >= 11 is 0. The molecule has 0 saturated heterocycles. The monoisotopic (exact) mass is 220 g/mol. The molecule has 0 spiro atoms. The second kappa shape index (κ2) is 5.32. The summed E-state index contributed by atoms with van der Waals surface area (Å²) < 4.78 is 0. The van der Waals surface area contributed by atoms with Crippen molar-refractivity contribution < 1.29 is 5.11 Å². The van der Waals surface area contributed by atoms with Crippen molar-refractivity contribution in [2.75, 3.05) is 31.1 Å². The van der Waals surface area contributed by atoms with Crippen molar-refractivity contribution in [2.45, 2.75) is 19.4 Å². The first-order valence-electron chi connectivity index (χ1n) is 6.02. The van der Waals surface area contributed by atoms with Gasteiger partial charge in [-0.15, -0.1) is 0 Å². The highest BCUT2D eigenvalue weighted by atomic mass is 16.3.